The molecule has 3 saturated heterocycles. The van der Waals surface area contributed by atoms with Crippen LogP contribution in [0.1, 0.15) is 88.0 Å². The van der Waals surface area contributed by atoms with Gasteiger partial charge in [0.15, 0.2) is 45.9 Å². The Hall–Kier alpha value is -9.61. The monoisotopic (exact) mass is 1190 g/mol. The summed E-state index contributed by atoms with van der Waals surface area (Å²) in [4.78, 5) is 44.8. The molecule has 0 saturated carbocycles. The van der Waals surface area contributed by atoms with Crippen molar-refractivity contribution in [2.75, 3.05) is 26.7 Å². The SMILES string of the molecule is C.C=Cc1ccc(F)cc1.Fc1ccc(C2CCN2)cc1.O=C(O)c1cc(-c2ccc3c(c2)OCO3)on1.O=C(c1cc(-c2ccc3c(c2)OCO3)on1)N1CCC1c1ccc(F)cc1.O=C1CC(c2ccc(F)cc2)N1.O=C=NS(=O)(=O)Cl. The maximum absolute atomic E-state index is 13.1. The molecule has 7 heterocycles. The Morgan fingerprint density at radius 2 is 1.11 bits per heavy atom. The number of carbonyl (C=O) groups excluding carboxylic acids is 3. The lowest BCUT2D eigenvalue weighted by Gasteiger charge is -2.40. The lowest BCUT2D eigenvalue weighted by atomic mass is 9.94. The molecule has 5 aliphatic heterocycles. The first-order chi connectivity index (χ1) is 39.9. The Morgan fingerprint density at radius 1 is 0.667 bits per heavy atom. The number of hydrogen-bond acceptors (Lipinski definition) is 15. The minimum absolute atomic E-state index is 0. The highest BCUT2D eigenvalue weighted by atomic mass is 35.7. The van der Waals surface area contributed by atoms with Gasteiger partial charge in [0.1, 0.15) is 23.3 Å². The van der Waals surface area contributed by atoms with Crippen LogP contribution in [0.4, 0.5) is 17.6 Å². The van der Waals surface area contributed by atoms with Gasteiger partial charge in [0, 0.05) is 46.5 Å². The molecule has 0 aliphatic carbocycles. The first-order valence-electron chi connectivity index (χ1n) is 24.9. The quantitative estimate of drug-likeness (QED) is 0.0399. The molecule has 3 atom stereocenters. The Morgan fingerprint density at radius 3 is 1.49 bits per heavy atom. The molecule has 0 radical (unpaired) electrons. The molecular formula is C59H51ClF4N6O13S. The van der Waals surface area contributed by atoms with Crippen molar-refractivity contribution in [3.05, 3.63) is 209 Å². The third-order valence-corrected chi connectivity index (χ3v) is 13.2. The predicted octanol–water partition coefficient (Wildman–Crippen LogP) is 11.7. The van der Waals surface area contributed by atoms with Crippen molar-refractivity contribution >= 4 is 49.9 Å². The second-order valence-electron chi connectivity index (χ2n) is 18.0. The van der Waals surface area contributed by atoms with Crippen molar-refractivity contribution in [3.8, 4) is 45.6 Å². The Bertz CT molecular complexity index is 3720. The van der Waals surface area contributed by atoms with E-state index in [0.29, 0.717) is 59.1 Å². The van der Waals surface area contributed by atoms with Crippen molar-refractivity contribution in [3.63, 3.8) is 0 Å². The average Bonchev–Trinajstić information content (AvgIpc) is 2.96. The van der Waals surface area contributed by atoms with Gasteiger partial charge in [-0.1, -0.05) is 83.3 Å². The molecule has 0 spiro atoms. The van der Waals surface area contributed by atoms with Crippen LogP contribution in [0.2, 0.25) is 0 Å². The van der Waals surface area contributed by atoms with Gasteiger partial charge in [0.05, 0.1) is 18.5 Å². The van der Waals surface area contributed by atoms with Crippen molar-refractivity contribution in [1.29, 1.82) is 0 Å². The van der Waals surface area contributed by atoms with Gasteiger partial charge < -0.3 is 48.6 Å². The molecule has 25 heteroatoms. The van der Waals surface area contributed by atoms with E-state index in [1.54, 1.807) is 83.8 Å². The summed E-state index contributed by atoms with van der Waals surface area (Å²) < 4.78 is 103. The second-order valence-corrected chi connectivity index (χ2v) is 20.2. The van der Waals surface area contributed by atoms with Gasteiger partial charge in [0.2, 0.25) is 19.5 Å². The van der Waals surface area contributed by atoms with E-state index in [4.69, 9.17) is 37.9 Å². The van der Waals surface area contributed by atoms with Gasteiger partial charge in [-0.2, -0.15) is 8.42 Å². The predicted molar refractivity (Wildman–Crippen MR) is 298 cm³/mol. The van der Waals surface area contributed by atoms with Gasteiger partial charge >= 0.3 is 15.2 Å². The number of likely N-dealkylation sites (tertiary alicyclic amines) is 1. The van der Waals surface area contributed by atoms with E-state index in [2.05, 4.69) is 42.6 Å². The van der Waals surface area contributed by atoms with E-state index in [-0.39, 0.29) is 79.6 Å². The normalized spacial score (nSPS) is 16.1. The number of benzene rings is 6. The number of aromatic nitrogens is 2. The molecule has 3 unspecified atom stereocenters. The molecule has 13 rings (SSSR count). The highest BCUT2D eigenvalue weighted by molar-refractivity contribution is 8.12. The number of rotatable bonds is 9. The van der Waals surface area contributed by atoms with Gasteiger partial charge in [-0.25, -0.2) is 27.2 Å². The third kappa shape index (κ3) is 17.0. The molecule has 5 aliphatic rings. The van der Waals surface area contributed by atoms with Crippen LogP contribution >= 0.6 is 10.7 Å². The lowest BCUT2D eigenvalue weighted by Crippen LogP contribution is -2.45. The number of carboxylic acids is 1. The number of fused-ring (bicyclic) bond motifs is 2. The van der Waals surface area contributed by atoms with E-state index in [1.165, 1.54) is 66.6 Å². The van der Waals surface area contributed by atoms with E-state index < -0.39 is 15.2 Å². The Balaban J connectivity index is 0.000000154. The zero-order valence-corrected chi connectivity index (χ0v) is 44.8. The first-order valence-corrected chi connectivity index (χ1v) is 27.2. The van der Waals surface area contributed by atoms with Crippen LogP contribution in [0.3, 0.4) is 0 Å². The smallest absolute Gasteiger partial charge is 0.358 e. The van der Waals surface area contributed by atoms with Crippen molar-refractivity contribution in [2.45, 2.75) is 44.8 Å². The fourth-order valence-corrected chi connectivity index (χ4v) is 8.27. The van der Waals surface area contributed by atoms with E-state index >= 15 is 0 Å². The van der Waals surface area contributed by atoms with Gasteiger partial charge in [-0.15, -0.1) is 0 Å². The average molecular weight is 1200 g/mol. The second kappa shape index (κ2) is 28.9. The largest absolute Gasteiger partial charge is 0.476 e. The standard InChI is InChI=1S/C20H15FN2O4.C11H7NO5.C9H8FNO.C9H10FN.C8H7F.CClNO3S.CH4/c21-14-4-1-12(2-5-14)16-7-8-23(16)20(24)15-10-18(27-22-15)13-3-6-17-19(9-13)26-11-25-17;13-11(14)7-4-9(17-12-7)6-1-2-8-10(3-6)16-5-15-8;10-7-3-1-6(2-4-7)8-5-9(12)11-8;10-8-3-1-7(2-4-8)9-5-6-11-9;1-2-7-3-5-8(9)6-4-7;2-7(5,6)3-1-4;/h1-6,9-10,16H,7-8,11H2;1-4H,5H2,(H,13,14);1-4,8H,5H2,(H,11,12);1-4,9,11H,5-6H2;2-6H,1H2;;1H4. The topological polar surface area (TPSA) is 251 Å². The summed E-state index contributed by atoms with van der Waals surface area (Å²) in [7, 11) is 0.376. The molecular weight excluding hydrogens is 1140 g/mol. The highest BCUT2D eigenvalue weighted by Gasteiger charge is 2.35. The molecule has 3 N–H and O–H groups in total. The maximum Gasteiger partial charge on any atom is 0.358 e. The highest BCUT2D eigenvalue weighted by Crippen LogP contribution is 2.39. The molecule has 19 nitrogen and oxygen atoms in total. The van der Waals surface area contributed by atoms with Crippen molar-refractivity contribution in [2.24, 2.45) is 4.40 Å². The number of ether oxygens (including phenoxy) is 4. The van der Waals surface area contributed by atoms with Gasteiger partial charge in [-0.3, -0.25) is 9.59 Å². The maximum atomic E-state index is 13.1. The van der Waals surface area contributed by atoms with Crippen LogP contribution in [0.25, 0.3) is 28.7 Å². The molecule has 84 heavy (non-hydrogen) atoms. The number of carboxylic acid groups (broad SMARTS) is 1. The molecule has 2 aromatic heterocycles. The summed E-state index contributed by atoms with van der Waals surface area (Å²) in [6.07, 6.45) is 4.97. The molecule has 436 valence electrons. The number of amides is 2. The fourth-order valence-electron chi connectivity index (χ4n) is 8.10. The summed E-state index contributed by atoms with van der Waals surface area (Å²) in [5.74, 6) is 1.27. The number of isocyanates is 1. The number of β-lactam (4-membered cyclic amide) rings is 1. The number of aromatic carboxylic acids is 1. The van der Waals surface area contributed by atoms with E-state index in [1.807, 2.05) is 18.2 Å². The zero-order chi connectivity index (χ0) is 59.0. The van der Waals surface area contributed by atoms with Crippen LogP contribution in [0, 0.1) is 23.3 Å². The van der Waals surface area contributed by atoms with Crippen molar-refractivity contribution in [1.82, 2.24) is 25.8 Å². The first kappa shape index (κ1) is 62.0. The van der Waals surface area contributed by atoms with Crippen LogP contribution in [-0.2, 0) is 18.8 Å². The molecule has 8 aromatic rings. The van der Waals surface area contributed by atoms with Crippen LogP contribution in [0.15, 0.2) is 166 Å². The molecule has 6 aromatic carbocycles. The zero-order valence-electron chi connectivity index (χ0n) is 43.3. The van der Waals surface area contributed by atoms with Crippen molar-refractivity contribution < 1.29 is 78.3 Å². The summed E-state index contributed by atoms with van der Waals surface area (Å²) >= 11 is 0. The molecule has 3 fully saturated rings. The number of nitrogens with one attached hydrogen (secondary N) is 2. The van der Waals surface area contributed by atoms with Gasteiger partial charge in [-0.05, 0) is 127 Å². The number of nitrogens with zero attached hydrogens (tertiary/aromatic N) is 4. The minimum Gasteiger partial charge on any atom is -0.476 e. The summed E-state index contributed by atoms with van der Waals surface area (Å²) in [6, 6.07) is 39.4. The fraction of sp³-hybridized carbons (Fsp3) is 0.186. The number of halogens is 5. The van der Waals surface area contributed by atoms with E-state index in [0.717, 1.165) is 41.3 Å². The summed E-state index contributed by atoms with van der Waals surface area (Å²) in [5, 5.41) is 22.1. The van der Waals surface area contributed by atoms with E-state index in [9.17, 15) is 40.4 Å². The third-order valence-electron chi connectivity index (χ3n) is 12.7. The van der Waals surface area contributed by atoms with Gasteiger partial charge in [0.25, 0.3) is 12.0 Å². The number of carbonyl (C=O) groups is 3. The van der Waals surface area contributed by atoms with Crippen LogP contribution in [-0.4, -0.2) is 79.3 Å². The summed E-state index contributed by atoms with van der Waals surface area (Å²) in [5.41, 5.74) is 5.58. The summed E-state index contributed by atoms with van der Waals surface area (Å²) in [6.45, 7) is 5.64. The van der Waals surface area contributed by atoms with Crippen LogP contribution < -0.4 is 29.6 Å². The molecule has 2 amide bonds. The Labute approximate surface area is 482 Å². The Kier molecular flexibility index (Phi) is 21.3. The lowest BCUT2D eigenvalue weighted by molar-refractivity contribution is -0.128. The number of hydrogen-bond donors (Lipinski definition) is 3. The minimum atomic E-state index is -4.00. The molecule has 0 bridgehead atoms. The van der Waals surface area contributed by atoms with Crippen LogP contribution in [0.5, 0.6) is 23.0 Å².